The van der Waals surface area contributed by atoms with Gasteiger partial charge in [0, 0.05) is 5.39 Å². The Balaban J connectivity index is 1.31. The molecule has 3 aliphatic rings. The Hall–Kier alpha value is -4.00. The van der Waals surface area contributed by atoms with Crippen LogP contribution in [0.1, 0.15) is 49.3 Å². The van der Waals surface area contributed by atoms with E-state index < -0.39 is 23.0 Å². The van der Waals surface area contributed by atoms with Gasteiger partial charge in [-0.3, -0.25) is 9.59 Å². The Kier molecular flexibility index (Phi) is 5.00. The fourth-order valence-electron chi connectivity index (χ4n) is 6.75. The van der Waals surface area contributed by atoms with Crippen LogP contribution in [-0.2, 0) is 20.7 Å². The summed E-state index contributed by atoms with van der Waals surface area (Å²) in [5.74, 6) is -1.58. The van der Waals surface area contributed by atoms with Gasteiger partial charge >= 0.3 is 0 Å². The van der Waals surface area contributed by atoms with E-state index >= 15 is 0 Å². The largest absolute Gasteiger partial charge is 0.367 e. The Morgan fingerprint density at radius 1 is 0.944 bits per heavy atom. The summed E-state index contributed by atoms with van der Waals surface area (Å²) in [5, 5.41) is 20.6. The smallest absolute Gasteiger partial charge is 0.240 e. The number of rotatable bonds is 5. The number of nitriles is 2. The minimum absolute atomic E-state index is 0.251. The second-order valence-corrected chi connectivity index (χ2v) is 10.4. The van der Waals surface area contributed by atoms with Crippen molar-refractivity contribution in [2.24, 2.45) is 11.8 Å². The highest BCUT2D eigenvalue weighted by molar-refractivity contribution is 6.24. The summed E-state index contributed by atoms with van der Waals surface area (Å²) >= 11 is 0. The molecule has 6 nitrogen and oxygen atoms in total. The molecule has 3 aromatic rings. The van der Waals surface area contributed by atoms with Crippen LogP contribution in [-0.4, -0.2) is 23.0 Å². The molecular weight excluding hydrogens is 450 g/mol. The number of aryl methyl sites for hydroxylation is 1. The van der Waals surface area contributed by atoms with Crippen molar-refractivity contribution in [2.45, 2.75) is 50.2 Å². The van der Waals surface area contributed by atoms with Crippen LogP contribution in [0.2, 0.25) is 0 Å². The van der Waals surface area contributed by atoms with E-state index in [0.717, 1.165) is 42.0 Å². The van der Waals surface area contributed by atoms with Crippen LogP contribution in [0.15, 0.2) is 60.7 Å². The maximum atomic E-state index is 13.9. The van der Waals surface area contributed by atoms with Crippen LogP contribution in [0.5, 0.6) is 0 Å². The van der Waals surface area contributed by atoms with Crippen molar-refractivity contribution >= 4 is 28.3 Å². The van der Waals surface area contributed by atoms with Crippen LogP contribution in [0, 0.1) is 34.5 Å². The predicted octanol–water partition coefficient (Wildman–Crippen LogP) is 5.03. The molecule has 6 rings (SSSR count). The summed E-state index contributed by atoms with van der Waals surface area (Å²) in [6, 6.07) is 23.0. The summed E-state index contributed by atoms with van der Waals surface area (Å²) in [6.45, 7) is 1.96. The van der Waals surface area contributed by atoms with Gasteiger partial charge in [-0.25, -0.2) is 4.90 Å². The monoisotopic (exact) mass is 475 g/mol. The van der Waals surface area contributed by atoms with E-state index in [2.05, 4.69) is 12.1 Å². The molecule has 0 radical (unpaired) electrons. The number of carbonyl (C=O) groups excluding carboxylic acids is 2. The SMILES string of the molecule is CC12CCC(CCCc3ccc(C#N)cc3)(O1)C1C(=O)N(c3ccc4ccccc4c3C#N)C(=O)C12. The lowest BCUT2D eigenvalue weighted by Gasteiger charge is -2.31. The molecule has 3 fully saturated rings. The molecule has 2 bridgehead atoms. The molecule has 3 saturated heterocycles. The molecule has 4 atom stereocenters. The number of benzene rings is 3. The number of anilines is 1. The van der Waals surface area contributed by atoms with E-state index in [0.29, 0.717) is 23.2 Å². The number of amides is 2. The molecule has 2 amide bonds. The molecular formula is C30H25N3O3. The predicted molar refractivity (Wildman–Crippen MR) is 134 cm³/mol. The number of hydrogen-bond donors (Lipinski definition) is 0. The van der Waals surface area contributed by atoms with Gasteiger partial charge in [0.25, 0.3) is 0 Å². The average Bonchev–Trinajstić information content (AvgIpc) is 3.48. The third kappa shape index (κ3) is 3.11. The van der Waals surface area contributed by atoms with Gasteiger partial charge in [0.05, 0.1) is 45.9 Å². The number of ether oxygens (including phenoxy) is 1. The zero-order chi connectivity index (χ0) is 25.1. The molecule has 3 aromatic carbocycles. The molecule has 6 heteroatoms. The number of nitrogens with zero attached hydrogens (tertiary/aromatic N) is 3. The maximum absolute atomic E-state index is 13.9. The van der Waals surface area contributed by atoms with E-state index in [1.54, 1.807) is 6.07 Å². The topological polar surface area (TPSA) is 94.2 Å². The first kappa shape index (κ1) is 22.5. The minimum atomic E-state index is -0.676. The number of carbonyl (C=O) groups is 2. The summed E-state index contributed by atoms with van der Waals surface area (Å²) < 4.78 is 6.56. The van der Waals surface area contributed by atoms with Gasteiger partial charge in [0.1, 0.15) is 6.07 Å². The summed E-state index contributed by atoms with van der Waals surface area (Å²) in [6.07, 6.45) is 3.78. The lowest BCUT2D eigenvalue weighted by Crippen LogP contribution is -2.42. The third-order valence-corrected chi connectivity index (χ3v) is 8.42. The van der Waals surface area contributed by atoms with E-state index in [1.807, 2.05) is 61.5 Å². The minimum Gasteiger partial charge on any atom is -0.367 e. The normalized spacial score (nSPS) is 28.4. The van der Waals surface area contributed by atoms with Gasteiger partial charge in [0.15, 0.2) is 0 Å². The standard InChI is InChI=1S/C30H25N3O3/c1-29-15-16-30(36-29,14-4-5-19-8-10-20(17-31)11-9-19)26-25(29)27(34)33(28(26)35)24-13-12-21-6-2-3-7-22(21)23(24)18-32/h2-3,6-13,25-26H,4-5,14-16H2,1H3. The quantitative estimate of drug-likeness (QED) is 0.482. The highest BCUT2D eigenvalue weighted by Gasteiger charge is 2.73. The second kappa shape index (κ2) is 8.01. The lowest BCUT2D eigenvalue weighted by molar-refractivity contribution is -0.130. The van der Waals surface area contributed by atoms with Crippen molar-refractivity contribution in [3.05, 3.63) is 77.4 Å². The summed E-state index contributed by atoms with van der Waals surface area (Å²) in [5.41, 5.74) is 1.14. The van der Waals surface area contributed by atoms with Crippen LogP contribution in [0.4, 0.5) is 5.69 Å². The van der Waals surface area contributed by atoms with Gasteiger partial charge in [-0.2, -0.15) is 10.5 Å². The zero-order valence-corrected chi connectivity index (χ0v) is 20.0. The molecule has 0 N–H and O–H groups in total. The highest BCUT2D eigenvalue weighted by Crippen LogP contribution is 2.62. The van der Waals surface area contributed by atoms with Crippen molar-refractivity contribution in [1.29, 1.82) is 10.5 Å². The Bertz CT molecular complexity index is 1500. The van der Waals surface area contributed by atoms with Gasteiger partial charge in [-0.1, -0.05) is 42.5 Å². The fourth-order valence-corrected chi connectivity index (χ4v) is 6.75. The van der Waals surface area contributed by atoms with Crippen molar-refractivity contribution in [2.75, 3.05) is 4.90 Å². The van der Waals surface area contributed by atoms with Gasteiger partial charge in [-0.15, -0.1) is 0 Å². The van der Waals surface area contributed by atoms with E-state index in [4.69, 9.17) is 10.00 Å². The lowest BCUT2D eigenvalue weighted by atomic mass is 9.67. The molecule has 0 saturated carbocycles. The van der Waals surface area contributed by atoms with Crippen LogP contribution < -0.4 is 4.90 Å². The molecule has 4 unspecified atom stereocenters. The van der Waals surface area contributed by atoms with Gasteiger partial charge in [0.2, 0.25) is 11.8 Å². The zero-order valence-electron chi connectivity index (χ0n) is 20.0. The molecule has 0 spiro atoms. The molecule has 178 valence electrons. The van der Waals surface area contributed by atoms with Crippen molar-refractivity contribution in [3.8, 4) is 12.1 Å². The average molecular weight is 476 g/mol. The third-order valence-electron chi connectivity index (χ3n) is 8.42. The van der Waals surface area contributed by atoms with Crippen molar-refractivity contribution in [3.63, 3.8) is 0 Å². The number of fused-ring (bicyclic) bond motifs is 6. The first-order chi connectivity index (χ1) is 17.4. The molecule has 3 heterocycles. The first-order valence-electron chi connectivity index (χ1n) is 12.4. The van der Waals surface area contributed by atoms with E-state index in [-0.39, 0.29) is 11.8 Å². The molecule has 36 heavy (non-hydrogen) atoms. The maximum Gasteiger partial charge on any atom is 0.240 e. The second-order valence-electron chi connectivity index (χ2n) is 10.4. The first-order valence-corrected chi connectivity index (χ1v) is 12.4. The summed E-state index contributed by atoms with van der Waals surface area (Å²) in [4.78, 5) is 29.0. The van der Waals surface area contributed by atoms with Gasteiger partial charge in [-0.05, 0) is 68.2 Å². The van der Waals surface area contributed by atoms with Crippen molar-refractivity contribution in [1.82, 2.24) is 0 Å². The number of hydrogen-bond acceptors (Lipinski definition) is 5. The Morgan fingerprint density at radius 2 is 1.69 bits per heavy atom. The Morgan fingerprint density at radius 3 is 2.44 bits per heavy atom. The number of imide groups is 1. The van der Waals surface area contributed by atoms with Gasteiger partial charge < -0.3 is 4.74 Å². The van der Waals surface area contributed by atoms with E-state index in [1.165, 1.54) is 4.90 Å². The van der Waals surface area contributed by atoms with Crippen molar-refractivity contribution < 1.29 is 14.3 Å². The van der Waals surface area contributed by atoms with Crippen LogP contribution in [0.25, 0.3) is 10.8 Å². The summed E-state index contributed by atoms with van der Waals surface area (Å²) in [7, 11) is 0. The molecule has 0 aromatic heterocycles. The molecule has 3 aliphatic heterocycles. The van der Waals surface area contributed by atoms with Crippen LogP contribution >= 0.6 is 0 Å². The highest BCUT2D eigenvalue weighted by atomic mass is 16.5. The Labute approximate surface area is 209 Å². The van der Waals surface area contributed by atoms with E-state index in [9.17, 15) is 14.9 Å². The van der Waals surface area contributed by atoms with Crippen LogP contribution in [0.3, 0.4) is 0 Å². The fraction of sp³-hybridized carbons (Fsp3) is 0.333. The molecule has 0 aliphatic carbocycles.